The molecule has 35 heavy (non-hydrogen) atoms. The quantitative estimate of drug-likeness (QED) is 0.149. The second-order valence-electron chi connectivity index (χ2n) is 6.58. The van der Waals surface area contributed by atoms with Crippen molar-refractivity contribution in [3.8, 4) is 11.8 Å². The predicted octanol–water partition coefficient (Wildman–Crippen LogP) is 6.53. The fraction of sp³-hybridized carbons (Fsp3) is 0.217. The molecule has 0 radical (unpaired) electrons. The minimum Gasteiger partial charge on any atom is -0.481 e. The van der Waals surface area contributed by atoms with Crippen molar-refractivity contribution in [2.24, 2.45) is 5.16 Å². The molecule has 0 aliphatic carbocycles. The van der Waals surface area contributed by atoms with Crippen LogP contribution in [0, 0.1) is 0 Å². The molecule has 0 aliphatic heterocycles. The molecule has 0 aliphatic rings. The van der Waals surface area contributed by atoms with E-state index in [0.717, 1.165) is 23.9 Å². The Labute approximate surface area is 209 Å². The van der Waals surface area contributed by atoms with E-state index < -0.39 is 17.7 Å². The summed E-state index contributed by atoms with van der Waals surface area (Å²) in [6.07, 6.45) is -4.51. The maximum atomic E-state index is 13.0. The zero-order valence-electron chi connectivity index (χ0n) is 18.0. The van der Waals surface area contributed by atoms with Crippen LogP contribution in [-0.4, -0.2) is 35.9 Å². The van der Waals surface area contributed by atoms with Crippen molar-refractivity contribution in [1.82, 2.24) is 9.97 Å². The first kappa shape index (κ1) is 27.9. The van der Waals surface area contributed by atoms with Gasteiger partial charge in [-0.05, 0) is 48.5 Å². The first-order valence-corrected chi connectivity index (χ1v) is 10.7. The van der Waals surface area contributed by atoms with Crippen LogP contribution in [0.1, 0.15) is 35.8 Å². The average molecular weight is 528 g/mol. The number of alkyl halides is 3. The summed E-state index contributed by atoms with van der Waals surface area (Å²) in [5.41, 5.74) is -0.639. The smallest absolute Gasteiger partial charge is 0.416 e. The maximum absolute atomic E-state index is 13.0. The number of halogens is 4. The topological polar surface area (TPSA) is 82.9 Å². The Bertz CT molecular complexity index is 1220. The number of carbonyl (C=O) groups excluding carboxylic acids is 1. The normalized spacial score (nSPS) is 11.5. The molecule has 0 N–H and O–H groups in total. The van der Waals surface area contributed by atoms with E-state index in [1.165, 1.54) is 45.4 Å². The van der Waals surface area contributed by atoms with Crippen LogP contribution in [0.4, 0.5) is 13.2 Å². The SMILES string of the molecule is C.COc1cc(OC)nc(Sc2cccc(Cl)c2C(=O)O/N=C(\C)c2cccc(C(F)(F)F)c2)n1. The van der Waals surface area contributed by atoms with E-state index in [1.807, 2.05) is 0 Å². The lowest BCUT2D eigenvalue weighted by molar-refractivity contribution is -0.137. The van der Waals surface area contributed by atoms with Crippen molar-refractivity contribution >= 4 is 35.0 Å². The molecule has 0 atom stereocenters. The summed E-state index contributed by atoms with van der Waals surface area (Å²) in [4.78, 5) is 26.6. The van der Waals surface area contributed by atoms with E-state index in [1.54, 1.807) is 12.1 Å². The van der Waals surface area contributed by atoms with Crippen LogP contribution in [0.2, 0.25) is 5.02 Å². The number of aromatic nitrogens is 2. The first-order chi connectivity index (χ1) is 16.1. The molecule has 3 aromatic rings. The monoisotopic (exact) mass is 527 g/mol. The number of ether oxygens (including phenoxy) is 2. The van der Waals surface area contributed by atoms with Crippen LogP contribution >= 0.6 is 23.4 Å². The van der Waals surface area contributed by atoms with Gasteiger partial charge in [0.2, 0.25) is 11.8 Å². The van der Waals surface area contributed by atoms with E-state index >= 15 is 0 Å². The zero-order valence-corrected chi connectivity index (χ0v) is 19.6. The van der Waals surface area contributed by atoms with Crippen LogP contribution in [0.25, 0.3) is 0 Å². The summed E-state index contributed by atoms with van der Waals surface area (Å²) >= 11 is 7.24. The number of rotatable bonds is 7. The number of benzene rings is 2. The Kier molecular flexibility index (Phi) is 9.49. The van der Waals surface area contributed by atoms with Gasteiger partial charge in [0.15, 0.2) is 5.16 Å². The second-order valence-corrected chi connectivity index (χ2v) is 8.00. The van der Waals surface area contributed by atoms with Crippen molar-refractivity contribution in [2.75, 3.05) is 14.2 Å². The Balaban J connectivity index is 0.00000432. The Hall–Kier alpha value is -3.31. The standard InChI is InChI=1S/C22H17ClF3N3O4S.CH4/c1-12(13-6-4-7-14(10-13)22(24,25)26)29-33-20(30)19-15(23)8-5-9-16(19)34-21-27-17(31-2)11-18(28-21)32-3;/h4-11H,1-3H3;1H4/b29-12+;. The number of oxime groups is 1. The minimum absolute atomic E-state index is 0. The highest BCUT2D eigenvalue weighted by Gasteiger charge is 2.30. The molecule has 3 rings (SSSR count). The Morgan fingerprint density at radius 3 is 2.26 bits per heavy atom. The molecule has 0 bridgehead atoms. The second kappa shape index (κ2) is 11.9. The molecule has 0 spiro atoms. The van der Waals surface area contributed by atoms with Gasteiger partial charge in [0.25, 0.3) is 0 Å². The fourth-order valence-electron chi connectivity index (χ4n) is 2.65. The summed E-state index contributed by atoms with van der Waals surface area (Å²) in [7, 11) is 2.87. The molecule has 0 fully saturated rings. The highest BCUT2D eigenvalue weighted by atomic mass is 35.5. The summed E-state index contributed by atoms with van der Waals surface area (Å²) in [6.45, 7) is 1.42. The van der Waals surface area contributed by atoms with Crippen molar-refractivity contribution in [2.45, 2.75) is 30.6 Å². The van der Waals surface area contributed by atoms with Gasteiger partial charge in [-0.25, -0.2) is 4.79 Å². The van der Waals surface area contributed by atoms with Crippen molar-refractivity contribution in [3.63, 3.8) is 0 Å². The molecule has 0 unspecified atom stereocenters. The summed E-state index contributed by atoms with van der Waals surface area (Å²) in [6, 6.07) is 10.7. The van der Waals surface area contributed by atoms with E-state index in [4.69, 9.17) is 25.9 Å². The highest BCUT2D eigenvalue weighted by Crippen LogP contribution is 2.34. The average Bonchev–Trinajstić information content (AvgIpc) is 2.81. The third-order valence-electron chi connectivity index (χ3n) is 4.33. The van der Waals surface area contributed by atoms with Crippen LogP contribution in [0.5, 0.6) is 11.8 Å². The lowest BCUT2D eigenvalue weighted by Crippen LogP contribution is -2.08. The minimum atomic E-state index is -4.51. The van der Waals surface area contributed by atoms with Crippen LogP contribution in [0.3, 0.4) is 0 Å². The van der Waals surface area contributed by atoms with Gasteiger partial charge < -0.3 is 14.3 Å². The van der Waals surface area contributed by atoms with Gasteiger partial charge in [0, 0.05) is 4.90 Å². The molecule has 2 aromatic carbocycles. The summed E-state index contributed by atoms with van der Waals surface area (Å²) in [5, 5.41) is 4.00. The van der Waals surface area contributed by atoms with Gasteiger partial charge in [0.1, 0.15) is 0 Å². The van der Waals surface area contributed by atoms with Gasteiger partial charge in [-0.2, -0.15) is 23.1 Å². The van der Waals surface area contributed by atoms with Gasteiger partial charge in [-0.1, -0.05) is 42.4 Å². The van der Waals surface area contributed by atoms with Crippen LogP contribution in [-0.2, 0) is 11.0 Å². The van der Waals surface area contributed by atoms with Crippen molar-refractivity contribution in [1.29, 1.82) is 0 Å². The number of nitrogens with zero attached hydrogens (tertiary/aromatic N) is 3. The van der Waals surface area contributed by atoms with Gasteiger partial charge in [-0.3, -0.25) is 0 Å². The Morgan fingerprint density at radius 1 is 1.03 bits per heavy atom. The molecule has 1 aromatic heterocycles. The van der Waals surface area contributed by atoms with E-state index in [9.17, 15) is 18.0 Å². The molecule has 0 saturated heterocycles. The maximum Gasteiger partial charge on any atom is 0.416 e. The Morgan fingerprint density at radius 2 is 1.66 bits per heavy atom. The van der Waals surface area contributed by atoms with Crippen LogP contribution < -0.4 is 9.47 Å². The first-order valence-electron chi connectivity index (χ1n) is 9.49. The van der Waals surface area contributed by atoms with Gasteiger partial charge >= 0.3 is 12.1 Å². The lowest BCUT2D eigenvalue weighted by atomic mass is 10.1. The molecule has 1 heterocycles. The van der Waals surface area contributed by atoms with Crippen molar-refractivity contribution in [3.05, 3.63) is 70.2 Å². The third-order valence-corrected chi connectivity index (χ3v) is 5.57. The zero-order chi connectivity index (χ0) is 24.9. The van der Waals surface area contributed by atoms with Crippen LogP contribution in [0.15, 0.2) is 63.7 Å². The number of hydrogen-bond donors (Lipinski definition) is 0. The molecule has 186 valence electrons. The van der Waals surface area contributed by atoms with E-state index in [0.29, 0.717) is 4.90 Å². The highest BCUT2D eigenvalue weighted by molar-refractivity contribution is 7.99. The molecule has 0 saturated carbocycles. The molecule has 7 nitrogen and oxygen atoms in total. The molecule has 12 heteroatoms. The molecular formula is C23H21ClF3N3O4S. The summed E-state index contributed by atoms with van der Waals surface area (Å²) < 4.78 is 49.1. The number of carbonyl (C=O) groups is 1. The number of hydrogen-bond acceptors (Lipinski definition) is 8. The van der Waals surface area contributed by atoms with E-state index in [-0.39, 0.29) is 46.2 Å². The number of methoxy groups -OCH3 is 2. The largest absolute Gasteiger partial charge is 0.481 e. The fourth-order valence-corrected chi connectivity index (χ4v) is 3.87. The third kappa shape index (κ3) is 7.09. The molecule has 0 amide bonds. The van der Waals surface area contributed by atoms with Gasteiger partial charge in [0.05, 0.1) is 42.1 Å². The summed E-state index contributed by atoms with van der Waals surface area (Å²) in [5.74, 6) is -0.405. The molecular weight excluding hydrogens is 507 g/mol. The van der Waals surface area contributed by atoms with E-state index in [2.05, 4.69) is 15.1 Å². The van der Waals surface area contributed by atoms with Gasteiger partial charge in [-0.15, -0.1) is 0 Å². The predicted molar refractivity (Wildman–Crippen MR) is 127 cm³/mol. The lowest BCUT2D eigenvalue weighted by Gasteiger charge is -2.10. The van der Waals surface area contributed by atoms with Crippen molar-refractivity contribution < 1.29 is 32.3 Å².